The predicted molar refractivity (Wildman–Crippen MR) is 95.2 cm³/mol. The molecule has 1 amide bonds. The molecule has 1 aromatic heterocycles. The summed E-state index contributed by atoms with van der Waals surface area (Å²) in [6.07, 6.45) is 4.19. The zero-order valence-corrected chi connectivity index (χ0v) is 13.9. The van der Waals surface area contributed by atoms with Crippen LogP contribution in [-0.4, -0.2) is 16.1 Å². The van der Waals surface area contributed by atoms with Gasteiger partial charge in [-0.15, -0.1) is 10.2 Å². The summed E-state index contributed by atoms with van der Waals surface area (Å²) in [5, 5.41) is 11.0. The Kier molecular flexibility index (Phi) is 4.29. The van der Waals surface area contributed by atoms with E-state index in [4.69, 9.17) is 4.42 Å². The quantitative estimate of drug-likeness (QED) is 0.771. The van der Waals surface area contributed by atoms with Gasteiger partial charge in [-0.25, -0.2) is 0 Å². The Morgan fingerprint density at radius 2 is 1.88 bits per heavy atom. The lowest BCUT2D eigenvalue weighted by Gasteiger charge is -2.06. The number of amides is 1. The molecule has 0 atom stereocenters. The first-order chi connectivity index (χ1) is 12.3. The highest BCUT2D eigenvalue weighted by atomic mass is 16.4. The van der Waals surface area contributed by atoms with Gasteiger partial charge in [-0.2, -0.15) is 0 Å². The molecular formula is C20H19N3O2. The van der Waals surface area contributed by atoms with E-state index in [2.05, 4.69) is 27.6 Å². The fraction of sp³-hybridized carbons (Fsp3) is 0.250. The van der Waals surface area contributed by atoms with E-state index in [9.17, 15) is 4.79 Å². The summed E-state index contributed by atoms with van der Waals surface area (Å²) in [4.78, 5) is 12.2. The highest BCUT2D eigenvalue weighted by molar-refractivity contribution is 5.90. The molecule has 0 spiro atoms. The van der Waals surface area contributed by atoms with Crippen molar-refractivity contribution in [2.45, 2.75) is 32.1 Å². The van der Waals surface area contributed by atoms with E-state index in [1.807, 2.05) is 36.4 Å². The minimum atomic E-state index is -0.0441. The van der Waals surface area contributed by atoms with Crippen LogP contribution in [0.25, 0.3) is 11.5 Å². The van der Waals surface area contributed by atoms with E-state index >= 15 is 0 Å². The molecule has 25 heavy (non-hydrogen) atoms. The Morgan fingerprint density at radius 1 is 1.04 bits per heavy atom. The van der Waals surface area contributed by atoms with Gasteiger partial charge in [0.25, 0.3) is 0 Å². The smallest absolute Gasteiger partial charge is 0.247 e. The summed E-state index contributed by atoms with van der Waals surface area (Å²) in [6, 6.07) is 15.8. The van der Waals surface area contributed by atoms with E-state index in [0.29, 0.717) is 24.6 Å². The highest BCUT2D eigenvalue weighted by Gasteiger charge is 2.13. The van der Waals surface area contributed by atoms with Crippen LogP contribution in [0.4, 0.5) is 5.69 Å². The first-order valence-electron chi connectivity index (χ1n) is 8.57. The number of hydrogen-bond donors (Lipinski definition) is 1. The van der Waals surface area contributed by atoms with Crippen molar-refractivity contribution in [1.82, 2.24) is 10.2 Å². The number of carbonyl (C=O) groups excluding carboxylic acids is 1. The van der Waals surface area contributed by atoms with Crippen molar-refractivity contribution in [2.24, 2.45) is 0 Å². The molecule has 0 aliphatic heterocycles. The number of benzene rings is 2. The summed E-state index contributed by atoms with van der Waals surface area (Å²) < 4.78 is 5.63. The molecule has 0 saturated heterocycles. The van der Waals surface area contributed by atoms with Crippen LogP contribution in [0, 0.1) is 0 Å². The fourth-order valence-corrected chi connectivity index (χ4v) is 3.15. The van der Waals surface area contributed by atoms with Gasteiger partial charge in [0.05, 0.1) is 0 Å². The Labute approximate surface area is 146 Å². The average molecular weight is 333 g/mol. The van der Waals surface area contributed by atoms with Crippen molar-refractivity contribution < 1.29 is 9.21 Å². The van der Waals surface area contributed by atoms with Gasteiger partial charge in [0.1, 0.15) is 0 Å². The van der Waals surface area contributed by atoms with Crippen molar-refractivity contribution in [1.29, 1.82) is 0 Å². The van der Waals surface area contributed by atoms with Crippen LogP contribution in [0.1, 0.15) is 29.9 Å². The molecule has 0 saturated carbocycles. The second-order valence-corrected chi connectivity index (χ2v) is 6.25. The molecule has 5 nitrogen and oxygen atoms in total. The van der Waals surface area contributed by atoms with Crippen LogP contribution < -0.4 is 5.32 Å². The third kappa shape index (κ3) is 3.60. The minimum absolute atomic E-state index is 0.0441. The number of aromatic nitrogens is 2. The third-order valence-corrected chi connectivity index (χ3v) is 4.44. The third-order valence-electron chi connectivity index (χ3n) is 4.44. The number of rotatable bonds is 5. The Hall–Kier alpha value is -2.95. The number of carbonyl (C=O) groups is 1. The summed E-state index contributed by atoms with van der Waals surface area (Å²) in [7, 11) is 0. The molecule has 0 unspecified atom stereocenters. The lowest BCUT2D eigenvalue weighted by atomic mass is 10.1. The standard InChI is InChI=1S/C20H19N3O2/c24-18(21-17-10-9-14-7-4-8-16(14)13-17)11-12-19-22-23-20(25-19)15-5-2-1-3-6-15/h1-3,5-6,9-10,13H,4,7-8,11-12H2,(H,21,24). The first kappa shape index (κ1) is 15.6. The van der Waals surface area contributed by atoms with Gasteiger partial charge in [0, 0.05) is 24.1 Å². The molecule has 1 aliphatic rings. The zero-order valence-electron chi connectivity index (χ0n) is 13.9. The van der Waals surface area contributed by atoms with E-state index in [-0.39, 0.29) is 5.91 Å². The van der Waals surface area contributed by atoms with Gasteiger partial charge in [0.15, 0.2) is 0 Å². The second kappa shape index (κ2) is 6.89. The lowest BCUT2D eigenvalue weighted by molar-refractivity contribution is -0.116. The van der Waals surface area contributed by atoms with E-state index in [1.165, 1.54) is 17.5 Å². The molecule has 0 radical (unpaired) electrons. The number of aryl methyl sites for hydroxylation is 3. The predicted octanol–water partition coefficient (Wildman–Crippen LogP) is 3.80. The summed E-state index contributed by atoms with van der Waals surface area (Å²) in [5.74, 6) is 0.912. The monoisotopic (exact) mass is 333 g/mol. The van der Waals surface area contributed by atoms with Crippen molar-refractivity contribution in [3.63, 3.8) is 0 Å². The number of nitrogens with one attached hydrogen (secondary N) is 1. The molecule has 5 heteroatoms. The van der Waals surface area contributed by atoms with Gasteiger partial charge < -0.3 is 9.73 Å². The van der Waals surface area contributed by atoms with Gasteiger partial charge in [-0.1, -0.05) is 24.3 Å². The molecule has 2 aromatic carbocycles. The maximum Gasteiger partial charge on any atom is 0.247 e. The molecule has 1 N–H and O–H groups in total. The van der Waals surface area contributed by atoms with Crippen molar-refractivity contribution >= 4 is 11.6 Å². The molecule has 1 aliphatic carbocycles. The van der Waals surface area contributed by atoms with Crippen molar-refractivity contribution in [3.8, 4) is 11.5 Å². The minimum Gasteiger partial charge on any atom is -0.421 e. The average Bonchev–Trinajstić information content (AvgIpc) is 3.30. The maximum absolute atomic E-state index is 12.2. The first-order valence-corrected chi connectivity index (χ1v) is 8.57. The summed E-state index contributed by atoms with van der Waals surface area (Å²) >= 11 is 0. The highest BCUT2D eigenvalue weighted by Crippen LogP contribution is 2.25. The van der Waals surface area contributed by atoms with Crippen molar-refractivity contribution in [2.75, 3.05) is 5.32 Å². The van der Waals surface area contributed by atoms with Crippen LogP contribution in [-0.2, 0) is 24.1 Å². The maximum atomic E-state index is 12.2. The van der Waals surface area contributed by atoms with Crippen LogP contribution in [0.5, 0.6) is 0 Å². The normalized spacial score (nSPS) is 12.8. The second-order valence-electron chi connectivity index (χ2n) is 6.25. The zero-order chi connectivity index (χ0) is 17.1. The van der Waals surface area contributed by atoms with Crippen LogP contribution in [0.2, 0.25) is 0 Å². The number of anilines is 1. The number of hydrogen-bond acceptors (Lipinski definition) is 4. The number of nitrogens with zero attached hydrogens (tertiary/aromatic N) is 2. The van der Waals surface area contributed by atoms with Gasteiger partial charge in [0.2, 0.25) is 17.7 Å². The topological polar surface area (TPSA) is 68.0 Å². The van der Waals surface area contributed by atoms with E-state index in [0.717, 1.165) is 24.1 Å². The molecule has 4 rings (SSSR count). The Morgan fingerprint density at radius 3 is 2.76 bits per heavy atom. The molecule has 0 fully saturated rings. The van der Waals surface area contributed by atoms with Gasteiger partial charge >= 0.3 is 0 Å². The van der Waals surface area contributed by atoms with Gasteiger partial charge in [-0.05, 0) is 54.7 Å². The fourth-order valence-electron chi connectivity index (χ4n) is 3.15. The van der Waals surface area contributed by atoms with Crippen molar-refractivity contribution in [3.05, 3.63) is 65.5 Å². The molecule has 1 heterocycles. The lowest BCUT2D eigenvalue weighted by Crippen LogP contribution is -2.12. The number of fused-ring (bicyclic) bond motifs is 1. The SMILES string of the molecule is O=C(CCc1nnc(-c2ccccc2)o1)Nc1ccc2c(c1)CCC2. The van der Waals surface area contributed by atoms with Crippen LogP contribution in [0.3, 0.4) is 0 Å². The van der Waals surface area contributed by atoms with Gasteiger partial charge in [-0.3, -0.25) is 4.79 Å². The summed E-state index contributed by atoms with van der Waals surface area (Å²) in [5.41, 5.74) is 4.49. The van der Waals surface area contributed by atoms with Crippen LogP contribution in [0.15, 0.2) is 52.9 Å². The molecule has 3 aromatic rings. The summed E-state index contributed by atoms with van der Waals surface area (Å²) in [6.45, 7) is 0. The molecule has 126 valence electrons. The van der Waals surface area contributed by atoms with Crippen LogP contribution >= 0.6 is 0 Å². The molecular weight excluding hydrogens is 314 g/mol. The van der Waals surface area contributed by atoms with E-state index < -0.39 is 0 Å². The largest absolute Gasteiger partial charge is 0.421 e. The Bertz CT molecular complexity index is 887. The Balaban J connectivity index is 1.34. The molecule has 0 bridgehead atoms. The van der Waals surface area contributed by atoms with E-state index in [1.54, 1.807) is 0 Å².